The van der Waals surface area contributed by atoms with Crippen LogP contribution in [0.4, 0.5) is 21.9 Å². The van der Waals surface area contributed by atoms with E-state index in [2.05, 4.69) is 15.4 Å². The van der Waals surface area contributed by atoms with Crippen LogP contribution >= 0.6 is 0 Å². The predicted molar refractivity (Wildman–Crippen MR) is 124 cm³/mol. The number of carbonyl (C=O) groups is 1. The van der Waals surface area contributed by atoms with Crippen molar-refractivity contribution in [2.24, 2.45) is 0 Å². The standard InChI is InChI=1S/C21H22N4O5S2/c1-25(2)32(29,30)20-13-11-19(12-14-20)31(27,28)24-18-10-6-9-17(15-18)23-21(26)22-16-7-4-3-5-8-16/h3-15,24H,1-2H3,(H2,22,23,26). The molecule has 0 saturated heterocycles. The van der Waals surface area contributed by atoms with Crippen LogP contribution in [-0.4, -0.2) is 41.3 Å². The number of para-hydroxylation sites is 1. The summed E-state index contributed by atoms with van der Waals surface area (Å²) in [5.41, 5.74) is 1.22. The number of rotatable bonds is 7. The molecule has 0 aromatic heterocycles. The summed E-state index contributed by atoms with van der Waals surface area (Å²) in [6.45, 7) is 0. The van der Waals surface area contributed by atoms with Gasteiger partial charge in [0.25, 0.3) is 10.0 Å². The lowest BCUT2D eigenvalue weighted by Gasteiger charge is -2.13. The first-order valence-electron chi connectivity index (χ1n) is 9.36. The van der Waals surface area contributed by atoms with Crippen LogP contribution in [0.5, 0.6) is 0 Å². The second kappa shape index (κ2) is 9.39. The molecule has 0 spiro atoms. The van der Waals surface area contributed by atoms with Crippen LogP contribution in [0.3, 0.4) is 0 Å². The number of hydrogen-bond acceptors (Lipinski definition) is 5. The molecule has 0 saturated carbocycles. The molecule has 0 bridgehead atoms. The fourth-order valence-electron chi connectivity index (χ4n) is 2.69. The minimum atomic E-state index is -3.98. The van der Waals surface area contributed by atoms with E-state index in [0.29, 0.717) is 11.4 Å². The Morgan fingerprint density at radius 1 is 0.688 bits per heavy atom. The van der Waals surface area contributed by atoms with Crippen molar-refractivity contribution in [1.29, 1.82) is 0 Å². The van der Waals surface area contributed by atoms with E-state index in [-0.39, 0.29) is 15.5 Å². The van der Waals surface area contributed by atoms with Crippen LogP contribution < -0.4 is 15.4 Å². The van der Waals surface area contributed by atoms with Crippen molar-refractivity contribution in [2.45, 2.75) is 9.79 Å². The molecule has 0 aliphatic rings. The third-order valence-electron chi connectivity index (χ3n) is 4.32. The SMILES string of the molecule is CN(C)S(=O)(=O)c1ccc(S(=O)(=O)Nc2cccc(NC(=O)Nc3ccccc3)c2)cc1. The molecule has 3 rings (SSSR count). The molecule has 3 N–H and O–H groups in total. The first-order valence-corrected chi connectivity index (χ1v) is 12.3. The normalized spacial score (nSPS) is 11.7. The fourth-order valence-corrected chi connectivity index (χ4v) is 4.64. The van der Waals surface area contributed by atoms with Crippen LogP contribution in [0.25, 0.3) is 0 Å². The first kappa shape index (κ1) is 23.3. The van der Waals surface area contributed by atoms with E-state index in [9.17, 15) is 21.6 Å². The number of nitrogens with zero attached hydrogens (tertiary/aromatic N) is 1. The number of sulfonamides is 2. The van der Waals surface area contributed by atoms with Gasteiger partial charge in [0.2, 0.25) is 10.0 Å². The Labute approximate surface area is 187 Å². The van der Waals surface area contributed by atoms with Gasteiger partial charge in [-0.25, -0.2) is 25.9 Å². The molecule has 168 valence electrons. The lowest BCUT2D eigenvalue weighted by Crippen LogP contribution is -2.22. The molecule has 3 aromatic carbocycles. The molecule has 32 heavy (non-hydrogen) atoms. The Morgan fingerprint density at radius 3 is 1.84 bits per heavy atom. The molecule has 0 aliphatic heterocycles. The highest BCUT2D eigenvalue weighted by molar-refractivity contribution is 7.92. The summed E-state index contributed by atoms with van der Waals surface area (Å²) in [5, 5.41) is 5.30. The molecular weight excluding hydrogens is 452 g/mol. The summed E-state index contributed by atoms with van der Waals surface area (Å²) in [6, 6.07) is 19.5. The minimum absolute atomic E-state index is 0.0166. The topological polar surface area (TPSA) is 125 Å². The zero-order valence-electron chi connectivity index (χ0n) is 17.3. The molecule has 0 fully saturated rings. The van der Waals surface area contributed by atoms with Gasteiger partial charge in [-0.2, -0.15) is 0 Å². The van der Waals surface area contributed by atoms with Crippen LogP contribution in [0.1, 0.15) is 0 Å². The Morgan fingerprint density at radius 2 is 1.22 bits per heavy atom. The Kier molecular flexibility index (Phi) is 6.82. The van der Waals surface area contributed by atoms with Crippen molar-refractivity contribution >= 4 is 43.1 Å². The van der Waals surface area contributed by atoms with Gasteiger partial charge in [0.05, 0.1) is 15.5 Å². The fraction of sp³-hybridized carbons (Fsp3) is 0.0952. The van der Waals surface area contributed by atoms with Gasteiger partial charge in [0.1, 0.15) is 0 Å². The summed E-state index contributed by atoms with van der Waals surface area (Å²) < 4.78 is 53.2. The quantitative estimate of drug-likeness (QED) is 0.484. The first-order chi connectivity index (χ1) is 15.1. The number of amides is 2. The third-order valence-corrected chi connectivity index (χ3v) is 7.54. The number of nitrogens with one attached hydrogen (secondary N) is 3. The van der Waals surface area contributed by atoms with Crippen molar-refractivity contribution in [1.82, 2.24) is 4.31 Å². The average Bonchev–Trinajstić information content (AvgIpc) is 2.74. The van der Waals surface area contributed by atoms with Gasteiger partial charge in [-0.05, 0) is 54.6 Å². The maximum Gasteiger partial charge on any atom is 0.323 e. The Hall–Kier alpha value is -3.41. The highest BCUT2D eigenvalue weighted by Gasteiger charge is 2.20. The summed E-state index contributed by atoms with van der Waals surface area (Å²) in [4.78, 5) is 12.0. The van der Waals surface area contributed by atoms with E-state index in [1.807, 2.05) is 6.07 Å². The van der Waals surface area contributed by atoms with Crippen LogP contribution in [0.15, 0.2) is 88.7 Å². The lowest BCUT2D eigenvalue weighted by molar-refractivity contribution is 0.262. The molecule has 2 amide bonds. The van der Waals surface area contributed by atoms with Crippen LogP contribution in [-0.2, 0) is 20.0 Å². The Balaban J connectivity index is 1.72. The number of carbonyl (C=O) groups excluding carboxylic acids is 1. The highest BCUT2D eigenvalue weighted by atomic mass is 32.2. The highest BCUT2D eigenvalue weighted by Crippen LogP contribution is 2.22. The molecule has 9 nitrogen and oxygen atoms in total. The van der Waals surface area contributed by atoms with Crippen molar-refractivity contribution < 1.29 is 21.6 Å². The molecule has 0 atom stereocenters. The second-order valence-corrected chi connectivity index (χ2v) is 10.7. The van der Waals surface area contributed by atoms with Gasteiger partial charge in [0, 0.05) is 25.5 Å². The smallest absolute Gasteiger partial charge is 0.308 e. The number of anilines is 3. The van der Waals surface area contributed by atoms with E-state index in [0.717, 1.165) is 4.31 Å². The second-order valence-electron chi connectivity index (χ2n) is 6.89. The van der Waals surface area contributed by atoms with Gasteiger partial charge in [-0.1, -0.05) is 24.3 Å². The predicted octanol–water partition coefficient (Wildman–Crippen LogP) is 3.38. The molecule has 11 heteroatoms. The summed E-state index contributed by atoms with van der Waals surface area (Å²) in [5.74, 6) is 0. The number of urea groups is 1. The van der Waals surface area contributed by atoms with Gasteiger partial charge in [-0.3, -0.25) is 4.72 Å². The summed E-state index contributed by atoms with van der Waals surface area (Å²) >= 11 is 0. The van der Waals surface area contributed by atoms with Gasteiger partial charge in [0.15, 0.2) is 0 Å². The maximum atomic E-state index is 12.7. The molecular formula is C21H22N4O5S2. The minimum Gasteiger partial charge on any atom is -0.308 e. The molecule has 3 aromatic rings. The third kappa shape index (κ3) is 5.63. The largest absolute Gasteiger partial charge is 0.323 e. The van der Waals surface area contributed by atoms with Crippen LogP contribution in [0, 0.1) is 0 Å². The van der Waals surface area contributed by atoms with E-state index >= 15 is 0 Å². The zero-order chi connectivity index (χ0) is 23.4. The average molecular weight is 475 g/mol. The lowest BCUT2D eigenvalue weighted by atomic mass is 10.3. The Bertz CT molecular complexity index is 1310. The molecule has 0 radical (unpaired) electrons. The van der Waals surface area contributed by atoms with Crippen molar-refractivity contribution in [2.75, 3.05) is 29.5 Å². The van der Waals surface area contributed by atoms with E-state index in [4.69, 9.17) is 0 Å². The molecule has 0 unspecified atom stereocenters. The van der Waals surface area contributed by atoms with E-state index in [1.165, 1.54) is 50.5 Å². The van der Waals surface area contributed by atoms with Gasteiger partial charge < -0.3 is 10.6 Å². The monoisotopic (exact) mass is 474 g/mol. The van der Waals surface area contributed by atoms with Crippen LogP contribution in [0.2, 0.25) is 0 Å². The van der Waals surface area contributed by atoms with E-state index < -0.39 is 26.1 Å². The van der Waals surface area contributed by atoms with E-state index in [1.54, 1.807) is 36.4 Å². The molecule has 0 aliphatic carbocycles. The van der Waals surface area contributed by atoms with Crippen molar-refractivity contribution in [3.05, 3.63) is 78.9 Å². The summed E-state index contributed by atoms with van der Waals surface area (Å²) in [7, 11) is -4.86. The van der Waals surface area contributed by atoms with Crippen molar-refractivity contribution in [3.63, 3.8) is 0 Å². The summed E-state index contributed by atoms with van der Waals surface area (Å²) in [6.07, 6.45) is 0. The molecule has 0 heterocycles. The maximum absolute atomic E-state index is 12.7. The zero-order valence-corrected chi connectivity index (χ0v) is 18.9. The van der Waals surface area contributed by atoms with Crippen molar-refractivity contribution in [3.8, 4) is 0 Å². The number of benzene rings is 3. The number of hydrogen-bond donors (Lipinski definition) is 3. The van der Waals surface area contributed by atoms with Gasteiger partial charge >= 0.3 is 6.03 Å². The van der Waals surface area contributed by atoms with Gasteiger partial charge in [-0.15, -0.1) is 0 Å².